The molecule has 0 N–H and O–H groups in total. The van der Waals surface area contributed by atoms with Crippen molar-refractivity contribution in [2.45, 2.75) is 40.3 Å². The van der Waals surface area contributed by atoms with Crippen LogP contribution >= 0.6 is 0 Å². The maximum Gasteiger partial charge on any atom is 0.332 e. The fourth-order valence-electron chi connectivity index (χ4n) is 4.51. The third-order valence-corrected chi connectivity index (χ3v) is 6.49. The summed E-state index contributed by atoms with van der Waals surface area (Å²) in [7, 11) is 1.69. The highest BCUT2D eigenvalue weighted by molar-refractivity contribution is 5.77. The molecule has 0 aliphatic carbocycles. The quantitative estimate of drug-likeness (QED) is 0.499. The van der Waals surface area contributed by atoms with Gasteiger partial charge in [0.1, 0.15) is 0 Å². The molecule has 7 heteroatoms. The lowest BCUT2D eigenvalue weighted by atomic mass is 10.1. The SMILES string of the molecule is CCc1ccc(N2CCn3c2nc2c3c(=O)n(Cc3cc(C)ccc3C)c(=O)n2C)cc1. The molecule has 3 heterocycles. The summed E-state index contributed by atoms with van der Waals surface area (Å²) in [4.78, 5) is 33.5. The van der Waals surface area contributed by atoms with Gasteiger partial charge in [0.25, 0.3) is 5.56 Å². The molecule has 2 aromatic heterocycles. The van der Waals surface area contributed by atoms with Crippen molar-refractivity contribution in [3.05, 3.63) is 85.6 Å². The predicted octanol–water partition coefficient (Wildman–Crippen LogP) is 3.28. The molecule has 0 saturated carbocycles. The molecule has 7 nitrogen and oxygen atoms in total. The first kappa shape index (κ1) is 20.3. The van der Waals surface area contributed by atoms with E-state index in [1.807, 2.05) is 36.6 Å². The van der Waals surface area contributed by atoms with E-state index in [0.717, 1.165) is 35.3 Å². The molecule has 0 fully saturated rings. The molecule has 0 amide bonds. The van der Waals surface area contributed by atoms with Crippen molar-refractivity contribution in [1.82, 2.24) is 18.7 Å². The monoisotopic (exact) mass is 429 g/mol. The van der Waals surface area contributed by atoms with Crippen LogP contribution in [0.4, 0.5) is 11.6 Å². The fourth-order valence-corrected chi connectivity index (χ4v) is 4.51. The topological polar surface area (TPSA) is 65.1 Å². The first-order valence-electron chi connectivity index (χ1n) is 11.0. The molecule has 0 spiro atoms. The Hall–Kier alpha value is -3.61. The van der Waals surface area contributed by atoms with Crippen LogP contribution in [0.1, 0.15) is 29.2 Å². The number of aromatic nitrogens is 4. The number of imidazole rings is 1. The number of hydrogen-bond acceptors (Lipinski definition) is 4. The van der Waals surface area contributed by atoms with E-state index < -0.39 is 0 Å². The molecule has 1 aliphatic heterocycles. The smallest absolute Gasteiger partial charge is 0.310 e. The van der Waals surface area contributed by atoms with Gasteiger partial charge >= 0.3 is 5.69 Å². The molecule has 0 saturated heterocycles. The molecular weight excluding hydrogens is 402 g/mol. The Morgan fingerprint density at radius 1 is 1.00 bits per heavy atom. The highest BCUT2D eigenvalue weighted by Gasteiger charge is 2.28. The molecule has 1 aliphatic rings. The second kappa shape index (κ2) is 7.51. The van der Waals surface area contributed by atoms with E-state index in [2.05, 4.69) is 36.1 Å². The van der Waals surface area contributed by atoms with E-state index >= 15 is 0 Å². The van der Waals surface area contributed by atoms with Crippen LogP contribution in [0.2, 0.25) is 0 Å². The minimum absolute atomic E-state index is 0.248. The maximum absolute atomic E-state index is 13.5. The maximum atomic E-state index is 13.5. The van der Waals surface area contributed by atoms with Gasteiger partial charge in [0.2, 0.25) is 5.95 Å². The van der Waals surface area contributed by atoms with Crippen LogP contribution < -0.4 is 16.1 Å². The van der Waals surface area contributed by atoms with E-state index in [0.29, 0.717) is 23.7 Å². The van der Waals surface area contributed by atoms with Crippen LogP contribution in [0.3, 0.4) is 0 Å². The Balaban J connectivity index is 1.65. The van der Waals surface area contributed by atoms with Crippen molar-refractivity contribution in [3.63, 3.8) is 0 Å². The molecule has 2 aromatic carbocycles. The summed E-state index contributed by atoms with van der Waals surface area (Å²) in [5, 5.41) is 0. The number of nitrogens with zero attached hydrogens (tertiary/aromatic N) is 5. The fraction of sp³-hybridized carbons (Fsp3) is 0.320. The third-order valence-electron chi connectivity index (χ3n) is 6.49. The largest absolute Gasteiger partial charge is 0.332 e. The zero-order chi connectivity index (χ0) is 22.6. The number of fused-ring (bicyclic) bond motifs is 3. The summed E-state index contributed by atoms with van der Waals surface area (Å²) < 4.78 is 4.77. The summed E-state index contributed by atoms with van der Waals surface area (Å²) in [5.41, 5.74) is 5.74. The van der Waals surface area contributed by atoms with Crippen LogP contribution in [0.15, 0.2) is 52.1 Å². The molecule has 5 rings (SSSR count). The van der Waals surface area contributed by atoms with Gasteiger partial charge in [0, 0.05) is 25.8 Å². The Morgan fingerprint density at radius 3 is 2.47 bits per heavy atom. The van der Waals surface area contributed by atoms with Gasteiger partial charge in [-0.25, -0.2) is 4.79 Å². The van der Waals surface area contributed by atoms with Crippen molar-refractivity contribution in [1.29, 1.82) is 0 Å². The number of rotatable bonds is 4. The first-order valence-corrected chi connectivity index (χ1v) is 11.0. The average Bonchev–Trinajstić information content (AvgIpc) is 3.37. The lowest BCUT2D eigenvalue weighted by Gasteiger charge is -2.16. The second-order valence-corrected chi connectivity index (χ2v) is 8.57. The van der Waals surface area contributed by atoms with Gasteiger partial charge in [-0.05, 0) is 49.1 Å². The van der Waals surface area contributed by atoms with E-state index in [1.165, 1.54) is 14.7 Å². The number of benzene rings is 2. The van der Waals surface area contributed by atoms with E-state index in [4.69, 9.17) is 4.98 Å². The van der Waals surface area contributed by atoms with Gasteiger partial charge in [-0.2, -0.15) is 4.98 Å². The molecule has 32 heavy (non-hydrogen) atoms. The van der Waals surface area contributed by atoms with E-state index in [1.54, 1.807) is 7.05 Å². The Labute approximate surface area is 186 Å². The summed E-state index contributed by atoms with van der Waals surface area (Å²) >= 11 is 0. The van der Waals surface area contributed by atoms with Crippen molar-refractivity contribution in [2.24, 2.45) is 7.05 Å². The minimum atomic E-state index is -0.348. The molecule has 0 atom stereocenters. The van der Waals surface area contributed by atoms with Crippen molar-refractivity contribution in [3.8, 4) is 0 Å². The summed E-state index contributed by atoms with van der Waals surface area (Å²) in [6, 6.07) is 14.5. The summed E-state index contributed by atoms with van der Waals surface area (Å²) in [6.45, 7) is 7.78. The Bertz CT molecular complexity index is 1460. The molecular formula is C25H27N5O2. The highest BCUT2D eigenvalue weighted by Crippen LogP contribution is 2.31. The van der Waals surface area contributed by atoms with Crippen molar-refractivity contribution in [2.75, 3.05) is 11.4 Å². The molecule has 164 valence electrons. The normalized spacial score (nSPS) is 13.2. The van der Waals surface area contributed by atoms with Crippen LogP contribution in [-0.2, 0) is 26.6 Å². The average molecular weight is 430 g/mol. The number of aryl methyl sites for hydroxylation is 4. The minimum Gasteiger partial charge on any atom is -0.310 e. The van der Waals surface area contributed by atoms with Crippen LogP contribution in [0.5, 0.6) is 0 Å². The van der Waals surface area contributed by atoms with Gasteiger partial charge in [-0.3, -0.25) is 13.9 Å². The van der Waals surface area contributed by atoms with Crippen LogP contribution in [-0.4, -0.2) is 25.2 Å². The van der Waals surface area contributed by atoms with Gasteiger partial charge in [-0.15, -0.1) is 0 Å². The van der Waals surface area contributed by atoms with Gasteiger partial charge in [0.15, 0.2) is 11.2 Å². The van der Waals surface area contributed by atoms with Crippen molar-refractivity contribution < 1.29 is 0 Å². The molecule has 0 unspecified atom stereocenters. The lowest BCUT2D eigenvalue weighted by molar-refractivity contribution is 0.650. The predicted molar refractivity (Wildman–Crippen MR) is 127 cm³/mol. The molecule has 4 aromatic rings. The second-order valence-electron chi connectivity index (χ2n) is 8.57. The highest BCUT2D eigenvalue weighted by atomic mass is 16.2. The third kappa shape index (κ3) is 3.07. The zero-order valence-electron chi connectivity index (χ0n) is 18.9. The van der Waals surface area contributed by atoms with Crippen molar-refractivity contribution >= 4 is 22.8 Å². The molecule has 0 radical (unpaired) electrons. The summed E-state index contributed by atoms with van der Waals surface area (Å²) in [5.74, 6) is 0.709. The molecule has 0 bridgehead atoms. The Kier molecular flexibility index (Phi) is 4.77. The van der Waals surface area contributed by atoms with E-state index in [9.17, 15) is 9.59 Å². The summed E-state index contributed by atoms with van der Waals surface area (Å²) in [6.07, 6.45) is 0.987. The van der Waals surface area contributed by atoms with Crippen LogP contribution in [0, 0.1) is 13.8 Å². The number of hydrogen-bond donors (Lipinski definition) is 0. The zero-order valence-corrected chi connectivity index (χ0v) is 18.9. The van der Waals surface area contributed by atoms with Gasteiger partial charge in [-0.1, -0.05) is 42.8 Å². The Morgan fingerprint density at radius 2 is 1.75 bits per heavy atom. The van der Waals surface area contributed by atoms with Gasteiger partial charge in [0.05, 0.1) is 6.54 Å². The van der Waals surface area contributed by atoms with E-state index in [-0.39, 0.29) is 17.8 Å². The lowest BCUT2D eigenvalue weighted by Crippen LogP contribution is -2.40. The number of anilines is 2. The van der Waals surface area contributed by atoms with Crippen LogP contribution in [0.25, 0.3) is 11.2 Å². The standard InChI is InChI=1S/C25H27N5O2/c1-5-18-8-10-20(11-9-18)28-12-13-29-21-22(26-24(28)29)27(4)25(32)30(23(21)31)15-19-14-16(2)6-7-17(19)3/h6-11,14H,5,12-13,15H2,1-4H3. The van der Waals surface area contributed by atoms with Gasteiger partial charge < -0.3 is 9.47 Å². The first-order chi connectivity index (χ1) is 15.4.